The Kier molecular flexibility index (Phi) is 4.73. The zero-order chi connectivity index (χ0) is 15.4. The minimum atomic E-state index is -0.194. The summed E-state index contributed by atoms with van der Waals surface area (Å²) >= 11 is 0. The van der Waals surface area contributed by atoms with E-state index in [1.54, 1.807) is 0 Å². The van der Waals surface area contributed by atoms with Gasteiger partial charge in [-0.05, 0) is 44.9 Å². The highest BCUT2D eigenvalue weighted by molar-refractivity contribution is 5.98. The predicted octanol–water partition coefficient (Wildman–Crippen LogP) is 3.27. The van der Waals surface area contributed by atoms with Crippen LogP contribution in [0.3, 0.4) is 0 Å². The van der Waals surface area contributed by atoms with Crippen molar-refractivity contribution in [3.8, 4) is 0 Å². The molecule has 0 aliphatic heterocycles. The summed E-state index contributed by atoms with van der Waals surface area (Å²) in [6.45, 7) is 8.98. The molecular weight excluding hydrogens is 264 g/mol. The van der Waals surface area contributed by atoms with E-state index in [2.05, 4.69) is 27.0 Å². The lowest BCUT2D eigenvalue weighted by atomic mass is 10.2. The molecule has 0 fully saturated rings. The number of aryl methyl sites for hydroxylation is 2. The highest BCUT2D eigenvalue weighted by Crippen LogP contribution is 2.17. The summed E-state index contributed by atoms with van der Waals surface area (Å²) < 4.78 is 2.13. The van der Waals surface area contributed by atoms with Crippen LogP contribution in [0.2, 0.25) is 0 Å². The number of nitrogens with one attached hydrogen (secondary N) is 1. The maximum atomic E-state index is 12.1. The van der Waals surface area contributed by atoms with Gasteiger partial charge in [0.15, 0.2) is 0 Å². The third kappa shape index (κ3) is 3.12. The fourth-order valence-corrected chi connectivity index (χ4v) is 2.39. The molecule has 5 heteroatoms. The second kappa shape index (κ2) is 6.52. The Balaban J connectivity index is 2.27. The second-order valence-electron chi connectivity index (χ2n) is 4.93. The molecule has 0 unspecified atom stereocenters. The van der Waals surface area contributed by atoms with Crippen molar-refractivity contribution >= 4 is 22.7 Å². The van der Waals surface area contributed by atoms with E-state index in [-0.39, 0.29) is 5.91 Å². The fourth-order valence-electron chi connectivity index (χ4n) is 2.39. The van der Waals surface area contributed by atoms with Crippen LogP contribution in [-0.2, 0) is 6.54 Å². The van der Waals surface area contributed by atoms with Crippen LogP contribution in [0, 0.1) is 6.92 Å². The van der Waals surface area contributed by atoms with E-state index < -0.39 is 0 Å². The molecule has 1 amide bonds. The molecule has 2 rings (SSSR count). The molecule has 0 radical (unpaired) electrons. The van der Waals surface area contributed by atoms with Crippen molar-refractivity contribution in [3.05, 3.63) is 29.6 Å². The number of aromatic nitrogens is 2. The zero-order valence-electron chi connectivity index (χ0n) is 13.1. The number of hydrazone groups is 1. The molecule has 5 nitrogen and oxygen atoms in total. The second-order valence-corrected chi connectivity index (χ2v) is 4.93. The van der Waals surface area contributed by atoms with Gasteiger partial charge in [0.2, 0.25) is 0 Å². The maximum Gasteiger partial charge on any atom is 0.271 e. The molecule has 0 spiro atoms. The van der Waals surface area contributed by atoms with Crippen LogP contribution in [0.4, 0.5) is 0 Å². The number of rotatable bonds is 5. The smallest absolute Gasteiger partial charge is 0.271 e. The third-order valence-electron chi connectivity index (χ3n) is 3.65. The van der Waals surface area contributed by atoms with Crippen molar-refractivity contribution in [3.63, 3.8) is 0 Å². The van der Waals surface area contributed by atoms with E-state index in [1.807, 2.05) is 39.0 Å². The van der Waals surface area contributed by atoms with E-state index in [1.165, 1.54) is 0 Å². The van der Waals surface area contributed by atoms with Gasteiger partial charge >= 0.3 is 0 Å². The van der Waals surface area contributed by atoms with Gasteiger partial charge in [-0.3, -0.25) is 4.79 Å². The van der Waals surface area contributed by atoms with E-state index in [4.69, 9.17) is 0 Å². The largest absolute Gasteiger partial charge is 0.329 e. The van der Waals surface area contributed by atoms with Gasteiger partial charge in [0, 0.05) is 17.8 Å². The summed E-state index contributed by atoms with van der Waals surface area (Å²) in [6, 6.07) is 5.58. The number of hydrogen-bond acceptors (Lipinski definition) is 3. The summed E-state index contributed by atoms with van der Waals surface area (Å²) in [7, 11) is 0. The van der Waals surface area contributed by atoms with E-state index in [0.717, 1.165) is 42.0 Å². The van der Waals surface area contributed by atoms with Crippen molar-refractivity contribution in [2.24, 2.45) is 5.10 Å². The topological polar surface area (TPSA) is 59.3 Å². The Labute approximate surface area is 125 Å². The van der Waals surface area contributed by atoms with Gasteiger partial charge in [0.25, 0.3) is 5.91 Å². The minimum absolute atomic E-state index is 0.194. The molecule has 1 heterocycles. The lowest BCUT2D eigenvalue weighted by Crippen LogP contribution is -2.19. The number of carbonyl (C=O) groups excluding carboxylic acids is 1. The van der Waals surface area contributed by atoms with Gasteiger partial charge in [0.05, 0.1) is 11.0 Å². The SMILES string of the molecule is CCC(CC)=NNC(=O)c1ccc2c(c1)nc(C)n2CC. The first-order chi connectivity index (χ1) is 10.1. The monoisotopic (exact) mass is 286 g/mol. The number of fused-ring (bicyclic) bond motifs is 1. The summed E-state index contributed by atoms with van der Waals surface area (Å²) in [4.78, 5) is 16.6. The van der Waals surface area contributed by atoms with E-state index in [0.29, 0.717) is 5.56 Å². The van der Waals surface area contributed by atoms with Crippen LogP contribution in [-0.4, -0.2) is 21.2 Å². The predicted molar refractivity (Wildman–Crippen MR) is 85.6 cm³/mol. The van der Waals surface area contributed by atoms with Crippen LogP contribution in [0.5, 0.6) is 0 Å². The van der Waals surface area contributed by atoms with Crippen molar-refractivity contribution in [2.45, 2.75) is 47.1 Å². The average Bonchev–Trinajstić information content (AvgIpc) is 2.82. The number of amides is 1. The molecule has 0 bridgehead atoms. The quantitative estimate of drug-likeness (QED) is 0.677. The Morgan fingerprint density at radius 3 is 2.62 bits per heavy atom. The first kappa shape index (κ1) is 15.2. The molecule has 1 aromatic carbocycles. The highest BCUT2D eigenvalue weighted by Gasteiger charge is 2.10. The van der Waals surface area contributed by atoms with Crippen molar-refractivity contribution in [1.82, 2.24) is 15.0 Å². The van der Waals surface area contributed by atoms with Crippen molar-refractivity contribution in [2.75, 3.05) is 0 Å². The van der Waals surface area contributed by atoms with Gasteiger partial charge < -0.3 is 4.57 Å². The van der Waals surface area contributed by atoms with Crippen LogP contribution in [0.15, 0.2) is 23.3 Å². The standard InChI is InChI=1S/C16H22N4O/c1-5-13(6-2)18-19-16(21)12-8-9-15-14(10-12)17-11(4)20(15)7-3/h8-10H,5-7H2,1-4H3,(H,19,21). The molecular formula is C16H22N4O. The van der Waals surface area contributed by atoms with Crippen LogP contribution in [0.1, 0.15) is 49.8 Å². The Morgan fingerprint density at radius 1 is 1.29 bits per heavy atom. The van der Waals surface area contributed by atoms with E-state index in [9.17, 15) is 4.79 Å². The highest BCUT2D eigenvalue weighted by atomic mass is 16.2. The van der Waals surface area contributed by atoms with Gasteiger partial charge in [-0.1, -0.05) is 13.8 Å². The fraction of sp³-hybridized carbons (Fsp3) is 0.438. The first-order valence-corrected chi connectivity index (χ1v) is 7.43. The lowest BCUT2D eigenvalue weighted by molar-refractivity contribution is 0.0955. The van der Waals surface area contributed by atoms with Crippen LogP contribution in [0.25, 0.3) is 11.0 Å². The molecule has 0 atom stereocenters. The molecule has 1 aromatic heterocycles. The molecule has 0 saturated heterocycles. The molecule has 21 heavy (non-hydrogen) atoms. The van der Waals surface area contributed by atoms with Gasteiger partial charge in [-0.25, -0.2) is 10.4 Å². The summed E-state index contributed by atoms with van der Waals surface area (Å²) in [6.07, 6.45) is 1.69. The zero-order valence-corrected chi connectivity index (χ0v) is 13.1. The van der Waals surface area contributed by atoms with Crippen molar-refractivity contribution < 1.29 is 4.79 Å². The maximum absolute atomic E-state index is 12.1. The number of hydrogen-bond donors (Lipinski definition) is 1. The van der Waals surface area contributed by atoms with Crippen LogP contribution >= 0.6 is 0 Å². The normalized spacial score (nSPS) is 10.7. The minimum Gasteiger partial charge on any atom is -0.329 e. The number of nitrogens with zero attached hydrogens (tertiary/aromatic N) is 3. The molecule has 112 valence electrons. The Bertz CT molecular complexity index is 679. The van der Waals surface area contributed by atoms with Crippen LogP contribution < -0.4 is 5.43 Å². The molecule has 0 saturated carbocycles. The molecule has 0 aliphatic rings. The average molecular weight is 286 g/mol. The van der Waals surface area contributed by atoms with Gasteiger partial charge in [0.1, 0.15) is 5.82 Å². The van der Waals surface area contributed by atoms with Gasteiger partial charge in [-0.15, -0.1) is 0 Å². The third-order valence-corrected chi connectivity index (χ3v) is 3.65. The molecule has 0 aliphatic carbocycles. The molecule has 1 N–H and O–H groups in total. The first-order valence-electron chi connectivity index (χ1n) is 7.43. The molecule has 2 aromatic rings. The number of benzene rings is 1. The van der Waals surface area contributed by atoms with E-state index >= 15 is 0 Å². The summed E-state index contributed by atoms with van der Waals surface area (Å²) in [5, 5.41) is 4.15. The van der Waals surface area contributed by atoms with Gasteiger partial charge in [-0.2, -0.15) is 5.10 Å². The number of imidazole rings is 1. The Morgan fingerprint density at radius 2 is 2.00 bits per heavy atom. The lowest BCUT2D eigenvalue weighted by Gasteiger charge is -2.04. The summed E-state index contributed by atoms with van der Waals surface area (Å²) in [5.74, 6) is 0.766. The summed E-state index contributed by atoms with van der Waals surface area (Å²) in [5.41, 5.74) is 6.08. The Hall–Kier alpha value is -2.17. The number of carbonyl (C=O) groups is 1. The van der Waals surface area contributed by atoms with Crippen molar-refractivity contribution in [1.29, 1.82) is 0 Å².